The Morgan fingerprint density at radius 3 is 1.83 bits per heavy atom. The summed E-state index contributed by atoms with van der Waals surface area (Å²) in [7, 11) is 0. The fourth-order valence-electron chi connectivity index (χ4n) is 4.00. The zero-order valence-corrected chi connectivity index (χ0v) is 19.1. The Morgan fingerprint density at radius 1 is 0.767 bits per heavy atom. The van der Waals surface area contributed by atoms with Crippen LogP contribution in [0.4, 0.5) is 4.39 Å². The molecule has 3 aromatic rings. The van der Waals surface area contributed by atoms with Crippen LogP contribution in [0.15, 0.2) is 91.0 Å². The lowest BCUT2D eigenvalue weighted by molar-refractivity contribution is 0.110. The minimum atomic E-state index is -0.192. The third-order valence-corrected chi connectivity index (χ3v) is 7.59. The lowest BCUT2D eigenvalue weighted by Gasteiger charge is -2.45. The van der Waals surface area contributed by atoms with Crippen molar-refractivity contribution in [1.29, 1.82) is 0 Å². The highest BCUT2D eigenvalue weighted by Crippen LogP contribution is 2.42. The summed E-state index contributed by atoms with van der Waals surface area (Å²) in [5, 5.41) is 0. The number of hydrogen-bond donors (Lipinski definition) is 0. The molecule has 30 heavy (non-hydrogen) atoms. The number of piperazine rings is 1. The highest BCUT2D eigenvalue weighted by molar-refractivity contribution is 14.1. The van der Waals surface area contributed by atoms with Gasteiger partial charge in [-0.2, -0.15) is 0 Å². The molecular formula is C26H26FIN2. The van der Waals surface area contributed by atoms with Gasteiger partial charge in [0, 0.05) is 32.7 Å². The molecule has 0 unspecified atom stereocenters. The molecule has 4 rings (SSSR count). The van der Waals surface area contributed by atoms with Gasteiger partial charge in [-0.1, -0.05) is 108 Å². The molecule has 1 aliphatic rings. The van der Waals surface area contributed by atoms with Crippen molar-refractivity contribution in [3.8, 4) is 0 Å². The first-order valence-corrected chi connectivity index (χ1v) is 11.4. The smallest absolute Gasteiger partial charge is 0.124 e. The fraction of sp³-hybridized carbons (Fsp3) is 0.231. The molecule has 0 radical (unpaired) electrons. The molecule has 2 nitrogen and oxygen atoms in total. The van der Waals surface area contributed by atoms with E-state index in [-0.39, 0.29) is 9.36 Å². The van der Waals surface area contributed by atoms with Crippen LogP contribution < -0.4 is 0 Å². The largest absolute Gasteiger partial charge is 0.297 e. The van der Waals surface area contributed by atoms with Crippen LogP contribution in [0, 0.1) is 5.82 Å². The molecule has 0 bridgehead atoms. The van der Waals surface area contributed by atoms with Crippen LogP contribution >= 0.6 is 22.6 Å². The van der Waals surface area contributed by atoms with Gasteiger partial charge in [0.25, 0.3) is 0 Å². The van der Waals surface area contributed by atoms with Gasteiger partial charge in [-0.25, -0.2) is 4.39 Å². The zero-order valence-electron chi connectivity index (χ0n) is 16.9. The third-order valence-electron chi connectivity index (χ3n) is 5.66. The van der Waals surface area contributed by atoms with Crippen molar-refractivity contribution in [3.05, 3.63) is 114 Å². The van der Waals surface area contributed by atoms with Crippen LogP contribution in [0.25, 0.3) is 6.08 Å². The number of alkyl halides is 1. The van der Waals surface area contributed by atoms with E-state index >= 15 is 0 Å². The SMILES string of the molecule is Fc1ccc(/C=C/CN2CCN(C(I)(c3ccccc3)c3ccccc3)CC2)cc1. The monoisotopic (exact) mass is 512 g/mol. The lowest BCUT2D eigenvalue weighted by atomic mass is 9.96. The van der Waals surface area contributed by atoms with E-state index in [0.29, 0.717) is 0 Å². The predicted octanol–water partition coefficient (Wildman–Crippen LogP) is 5.79. The quantitative estimate of drug-likeness (QED) is 0.234. The van der Waals surface area contributed by atoms with Crippen molar-refractivity contribution in [2.75, 3.05) is 32.7 Å². The van der Waals surface area contributed by atoms with Gasteiger partial charge in [0.15, 0.2) is 0 Å². The summed E-state index contributed by atoms with van der Waals surface area (Å²) in [6.07, 6.45) is 4.25. The zero-order chi connectivity index (χ0) is 20.8. The molecule has 0 aliphatic carbocycles. The van der Waals surface area contributed by atoms with Gasteiger partial charge < -0.3 is 0 Å². The first-order valence-electron chi connectivity index (χ1n) is 10.4. The molecule has 0 saturated carbocycles. The van der Waals surface area contributed by atoms with Crippen molar-refractivity contribution in [1.82, 2.24) is 9.80 Å². The van der Waals surface area contributed by atoms with E-state index in [2.05, 4.69) is 105 Å². The first kappa shape index (κ1) is 21.2. The van der Waals surface area contributed by atoms with Crippen molar-refractivity contribution in [2.45, 2.75) is 3.55 Å². The van der Waals surface area contributed by atoms with Crippen LogP contribution in [0.5, 0.6) is 0 Å². The molecular weight excluding hydrogens is 486 g/mol. The molecule has 1 saturated heterocycles. The molecule has 0 aromatic heterocycles. The first-order chi connectivity index (χ1) is 14.7. The molecule has 0 N–H and O–H groups in total. The van der Waals surface area contributed by atoms with E-state index in [4.69, 9.17) is 0 Å². The summed E-state index contributed by atoms with van der Waals surface area (Å²) in [6, 6.07) is 28.2. The maximum Gasteiger partial charge on any atom is 0.124 e. The standard InChI is InChI=1S/C26H26FIN2/c27-25-15-13-22(14-16-25)8-7-17-29-18-20-30(21-19-29)26(28,23-9-3-1-4-10-23)24-11-5-2-6-12-24/h1-16H,17-21H2/b8-7+. The molecule has 1 heterocycles. The minimum Gasteiger partial charge on any atom is -0.297 e. The second-order valence-electron chi connectivity index (χ2n) is 7.60. The van der Waals surface area contributed by atoms with Gasteiger partial charge in [0.1, 0.15) is 9.36 Å². The van der Waals surface area contributed by atoms with Gasteiger partial charge in [0.2, 0.25) is 0 Å². The van der Waals surface area contributed by atoms with Crippen molar-refractivity contribution >= 4 is 28.7 Å². The Hall–Kier alpha value is -2.02. The maximum absolute atomic E-state index is 13.0. The summed E-state index contributed by atoms with van der Waals surface area (Å²) in [5.41, 5.74) is 3.68. The molecule has 1 aliphatic heterocycles. The Bertz CT molecular complexity index is 910. The van der Waals surface area contributed by atoms with E-state index in [1.54, 1.807) is 0 Å². The molecule has 0 spiro atoms. The molecule has 0 amide bonds. The van der Waals surface area contributed by atoms with Crippen molar-refractivity contribution in [2.24, 2.45) is 0 Å². The number of halogens is 2. The van der Waals surface area contributed by atoms with E-state index < -0.39 is 0 Å². The van der Waals surface area contributed by atoms with Crippen LogP contribution in [0.2, 0.25) is 0 Å². The number of rotatable bonds is 6. The highest BCUT2D eigenvalue weighted by Gasteiger charge is 2.38. The highest BCUT2D eigenvalue weighted by atomic mass is 127. The number of hydrogen-bond acceptors (Lipinski definition) is 2. The van der Waals surface area contributed by atoms with Gasteiger partial charge in [-0.3, -0.25) is 9.80 Å². The summed E-state index contributed by atoms with van der Waals surface area (Å²) >= 11 is 2.63. The van der Waals surface area contributed by atoms with Gasteiger partial charge in [0.05, 0.1) is 0 Å². The van der Waals surface area contributed by atoms with E-state index in [1.807, 2.05) is 12.1 Å². The number of benzene rings is 3. The van der Waals surface area contributed by atoms with E-state index in [0.717, 1.165) is 38.3 Å². The van der Waals surface area contributed by atoms with E-state index in [9.17, 15) is 4.39 Å². The van der Waals surface area contributed by atoms with Crippen LogP contribution in [-0.2, 0) is 3.55 Å². The van der Waals surface area contributed by atoms with Crippen LogP contribution in [-0.4, -0.2) is 42.5 Å². The minimum absolute atomic E-state index is 0.170. The van der Waals surface area contributed by atoms with Crippen LogP contribution in [0.3, 0.4) is 0 Å². The van der Waals surface area contributed by atoms with E-state index in [1.165, 1.54) is 23.3 Å². The topological polar surface area (TPSA) is 6.48 Å². The fourth-order valence-corrected chi connectivity index (χ4v) is 5.20. The summed E-state index contributed by atoms with van der Waals surface area (Å²) in [4.78, 5) is 5.07. The summed E-state index contributed by atoms with van der Waals surface area (Å²) < 4.78 is 12.9. The summed E-state index contributed by atoms with van der Waals surface area (Å²) in [5.74, 6) is -0.192. The van der Waals surface area contributed by atoms with Gasteiger partial charge in [-0.15, -0.1) is 0 Å². The van der Waals surface area contributed by atoms with Crippen LogP contribution in [0.1, 0.15) is 16.7 Å². The number of nitrogens with zero attached hydrogens (tertiary/aromatic N) is 2. The van der Waals surface area contributed by atoms with Crippen molar-refractivity contribution < 1.29 is 4.39 Å². The van der Waals surface area contributed by atoms with Crippen molar-refractivity contribution in [3.63, 3.8) is 0 Å². The van der Waals surface area contributed by atoms with Gasteiger partial charge in [-0.05, 0) is 28.8 Å². The second kappa shape index (κ2) is 9.86. The molecule has 3 aromatic carbocycles. The maximum atomic E-state index is 13.0. The average molecular weight is 512 g/mol. The molecule has 0 atom stereocenters. The second-order valence-corrected chi connectivity index (χ2v) is 9.16. The normalized spacial score (nSPS) is 16.2. The molecule has 154 valence electrons. The Kier molecular flexibility index (Phi) is 6.97. The van der Waals surface area contributed by atoms with Gasteiger partial charge >= 0.3 is 0 Å². The summed E-state index contributed by atoms with van der Waals surface area (Å²) in [6.45, 7) is 4.99. The average Bonchev–Trinajstić information content (AvgIpc) is 2.81. The molecule has 1 fully saturated rings. The lowest BCUT2D eigenvalue weighted by Crippen LogP contribution is -2.53. The predicted molar refractivity (Wildman–Crippen MR) is 131 cm³/mol. The Labute approximate surface area is 192 Å². The molecule has 4 heteroatoms. The Morgan fingerprint density at radius 2 is 1.30 bits per heavy atom. The third kappa shape index (κ3) is 4.82. The Balaban J connectivity index is 1.44.